The lowest BCUT2D eigenvalue weighted by molar-refractivity contribution is -0.125. The molecular formula is C12H22N4O. The van der Waals surface area contributed by atoms with Gasteiger partial charge in [0.05, 0.1) is 12.1 Å². The minimum Gasteiger partial charge on any atom is -0.354 e. The Kier molecular flexibility index (Phi) is 4.69. The number of nitrogens with two attached hydrogens (primary N) is 1. The second-order valence-electron chi connectivity index (χ2n) is 4.68. The highest BCUT2D eigenvalue weighted by Crippen LogP contribution is 2.12. The Balaban J connectivity index is 2.70. The van der Waals surface area contributed by atoms with Crippen LogP contribution in [0.1, 0.15) is 25.1 Å². The van der Waals surface area contributed by atoms with Crippen LogP contribution in [0.15, 0.2) is 6.20 Å². The first-order valence-corrected chi connectivity index (χ1v) is 5.93. The van der Waals surface area contributed by atoms with Crippen LogP contribution in [0.4, 0.5) is 0 Å². The van der Waals surface area contributed by atoms with Crippen LogP contribution in [0.2, 0.25) is 0 Å². The molecule has 1 atom stereocenters. The van der Waals surface area contributed by atoms with Gasteiger partial charge < -0.3 is 11.1 Å². The minimum absolute atomic E-state index is 0.0192. The molecule has 0 fully saturated rings. The van der Waals surface area contributed by atoms with E-state index in [9.17, 15) is 4.79 Å². The van der Waals surface area contributed by atoms with Crippen molar-refractivity contribution < 1.29 is 4.79 Å². The average Bonchev–Trinajstić information content (AvgIpc) is 2.56. The van der Waals surface area contributed by atoms with Gasteiger partial charge in [0.15, 0.2) is 0 Å². The first-order chi connectivity index (χ1) is 7.95. The van der Waals surface area contributed by atoms with E-state index in [-0.39, 0.29) is 17.9 Å². The summed E-state index contributed by atoms with van der Waals surface area (Å²) in [5.74, 6) is -0.161. The Labute approximate surface area is 102 Å². The van der Waals surface area contributed by atoms with E-state index in [0.29, 0.717) is 13.0 Å². The van der Waals surface area contributed by atoms with Crippen LogP contribution in [-0.2, 0) is 18.3 Å². The second-order valence-corrected chi connectivity index (χ2v) is 4.68. The van der Waals surface area contributed by atoms with Crippen molar-refractivity contribution in [2.75, 3.05) is 6.54 Å². The molecule has 1 aromatic heterocycles. The number of rotatable bonds is 5. The summed E-state index contributed by atoms with van der Waals surface area (Å²) >= 11 is 0. The third kappa shape index (κ3) is 3.56. The van der Waals surface area contributed by atoms with E-state index in [4.69, 9.17) is 5.73 Å². The Morgan fingerprint density at radius 2 is 2.24 bits per heavy atom. The molecule has 1 unspecified atom stereocenters. The van der Waals surface area contributed by atoms with Gasteiger partial charge in [0.1, 0.15) is 0 Å². The van der Waals surface area contributed by atoms with Crippen LogP contribution in [0.25, 0.3) is 0 Å². The van der Waals surface area contributed by atoms with Crippen molar-refractivity contribution in [1.29, 1.82) is 0 Å². The maximum Gasteiger partial charge on any atom is 0.224 e. The molecule has 0 saturated heterocycles. The lowest BCUT2D eigenvalue weighted by atomic mass is 9.99. The molecule has 0 aliphatic carbocycles. The van der Waals surface area contributed by atoms with Crippen LogP contribution in [0.5, 0.6) is 0 Å². The summed E-state index contributed by atoms with van der Waals surface area (Å²) in [6.07, 6.45) is 2.45. The summed E-state index contributed by atoms with van der Waals surface area (Å²) in [6, 6.07) is 0.145. The van der Waals surface area contributed by atoms with Gasteiger partial charge in [-0.3, -0.25) is 9.48 Å². The van der Waals surface area contributed by atoms with E-state index < -0.39 is 0 Å². The number of nitrogens with zero attached hydrogens (tertiary/aromatic N) is 2. The lowest BCUT2D eigenvalue weighted by Gasteiger charge is -2.16. The normalized spacial score (nSPS) is 12.8. The molecule has 0 aliphatic rings. The lowest BCUT2D eigenvalue weighted by Crippen LogP contribution is -2.39. The molecule has 5 heteroatoms. The standard InChI is InChI=1S/C12H22N4O/c1-8(2)15-12(17)10(6-13)5-11-7-14-16(4)9(11)3/h7-8,10H,5-6,13H2,1-4H3,(H,15,17). The fourth-order valence-corrected chi connectivity index (χ4v) is 1.70. The smallest absolute Gasteiger partial charge is 0.224 e. The third-order valence-electron chi connectivity index (χ3n) is 2.89. The van der Waals surface area contributed by atoms with Gasteiger partial charge >= 0.3 is 0 Å². The number of carbonyl (C=O) groups is 1. The predicted octanol–water partition coefficient (Wildman–Crippen LogP) is 0.371. The number of hydrogen-bond acceptors (Lipinski definition) is 3. The van der Waals surface area contributed by atoms with Gasteiger partial charge in [0, 0.05) is 25.3 Å². The molecule has 0 saturated carbocycles. The van der Waals surface area contributed by atoms with Crippen LogP contribution in [0.3, 0.4) is 0 Å². The van der Waals surface area contributed by atoms with Crippen molar-refractivity contribution in [3.05, 3.63) is 17.5 Å². The van der Waals surface area contributed by atoms with Gasteiger partial charge in [-0.25, -0.2) is 0 Å². The summed E-state index contributed by atoms with van der Waals surface area (Å²) in [6.45, 7) is 6.24. The van der Waals surface area contributed by atoms with Crippen molar-refractivity contribution in [3.63, 3.8) is 0 Å². The fourth-order valence-electron chi connectivity index (χ4n) is 1.70. The SMILES string of the molecule is Cc1c(CC(CN)C(=O)NC(C)C)cnn1C. The van der Waals surface area contributed by atoms with Gasteiger partial charge in [-0.1, -0.05) is 0 Å². The van der Waals surface area contributed by atoms with Crippen LogP contribution in [-0.4, -0.2) is 28.3 Å². The monoisotopic (exact) mass is 238 g/mol. The molecule has 1 heterocycles. The highest BCUT2D eigenvalue weighted by atomic mass is 16.1. The maximum atomic E-state index is 11.9. The Hall–Kier alpha value is -1.36. The third-order valence-corrected chi connectivity index (χ3v) is 2.89. The zero-order chi connectivity index (χ0) is 13.0. The minimum atomic E-state index is -0.180. The summed E-state index contributed by atoms with van der Waals surface area (Å²) in [5, 5.41) is 7.06. The molecule has 17 heavy (non-hydrogen) atoms. The van der Waals surface area contributed by atoms with Crippen molar-refractivity contribution in [2.45, 2.75) is 33.2 Å². The highest BCUT2D eigenvalue weighted by Gasteiger charge is 2.19. The number of aromatic nitrogens is 2. The Morgan fingerprint density at radius 1 is 1.59 bits per heavy atom. The van der Waals surface area contributed by atoms with Crippen molar-refractivity contribution >= 4 is 5.91 Å². The molecule has 5 nitrogen and oxygen atoms in total. The van der Waals surface area contributed by atoms with E-state index >= 15 is 0 Å². The summed E-state index contributed by atoms with van der Waals surface area (Å²) in [5.41, 5.74) is 7.84. The van der Waals surface area contributed by atoms with Gasteiger partial charge in [-0.2, -0.15) is 5.10 Å². The quantitative estimate of drug-likeness (QED) is 0.778. The van der Waals surface area contributed by atoms with Crippen molar-refractivity contribution in [1.82, 2.24) is 15.1 Å². The van der Waals surface area contributed by atoms with Crippen molar-refractivity contribution in [2.24, 2.45) is 18.7 Å². The molecule has 1 aromatic rings. The summed E-state index contributed by atoms with van der Waals surface area (Å²) < 4.78 is 1.81. The largest absolute Gasteiger partial charge is 0.354 e. The number of carbonyl (C=O) groups excluding carboxylic acids is 1. The molecule has 96 valence electrons. The Bertz CT molecular complexity index is 384. The topological polar surface area (TPSA) is 72.9 Å². The van der Waals surface area contributed by atoms with Crippen LogP contribution >= 0.6 is 0 Å². The fraction of sp³-hybridized carbons (Fsp3) is 0.667. The number of nitrogens with one attached hydrogen (secondary N) is 1. The molecule has 0 spiro atoms. The summed E-state index contributed by atoms with van der Waals surface area (Å²) in [7, 11) is 1.89. The van der Waals surface area contributed by atoms with E-state index in [1.54, 1.807) is 6.20 Å². The zero-order valence-corrected chi connectivity index (χ0v) is 11.0. The predicted molar refractivity (Wildman–Crippen MR) is 67.5 cm³/mol. The Morgan fingerprint density at radius 3 is 2.65 bits per heavy atom. The molecule has 1 rings (SSSR count). The van der Waals surface area contributed by atoms with Gasteiger partial charge in [0.2, 0.25) is 5.91 Å². The van der Waals surface area contributed by atoms with Crippen LogP contribution < -0.4 is 11.1 Å². The average molecular weight is 238 g/mol. The first kappa shape index (κ1) is 13.7. The van der Waals surface area contributed by atoms with E-state index in [2.05, 4.69) is 10.4 Å². The van der Waals surface area contributed by atoms with E-state index in [0.717, 1.165) is 11.3 Å². The molecule has 0 aromatic carbocycles. The molecule has 0 aliphatic heterocycles. The van der Waals surface area contributed by atoms with Gasteiger partial charge in [-0.05, 0) is 32.8 Å². The van der Waals surface area contributed by atoms with Crippen molar-refractivity contribution in [3.8, 4) is 0 Å². The maximum absolute atomic E-state index is 11.9. The number of aryl methyl sites for hydroxylation is 1. The number of amides is 1. The zero-order valence-electron chi connectivity index (χ0n) is 11.0. The summed E-state index contributed by atoms with van der Waals surface area (Å²) in [4.78, 5) is 11.9. The van der Waals surface area contributed by atoms with Gasteiger partial charge in [-0.15, -0.1) is 0 Å². The van der Waals surface area contributed by atoms with Crippen LogP contribution in [0, 0.1) is 12.8 Å². The van der Waals surface area contributed by atoms with Gasteiger partial charge in [0.25, 0.3) is 0 Å². The number of hydrogen-bond donors (Lipinski definition) is 2. The second kappa shape index (κ2) is 5.82. The highest BCUT2D eigenvalue weighted by molar-refractivity contribution is 5.79. The van der Waals surface area contributed by atoms with E-state index in [1.165, 1.54) is 0 Å². The van der Waals surface area contributed by atoms with E-state index in [1.807, 2.05) is 32.5 Å². The molecule has 0 radical (unpaired) electrons. The molecule has 3 N–H and O–H groups in total. The molecule has 0 bridgehead atoms. The first-order valence-electron chi connectivity index (χ1n) is 5.93. The molecule has 1 amide bonds. The molecular weight excluding hydrogens is 216 g/mol.